The van der Waals surface area contributed by atoms with Crippen molar-refractivity contribution in [2.24, 2.45) is 0 Å². The van der Waals surface area contributed by atoms with E-state index < -0.39 is 0 Å². The molecule has 0 radical (unpaired) electrons. The van der Waals surface area contributed by atoms with Crippen molar-refractivity contribution in [1.82, 2.24) is 44.9 Å². The SMILES string of the molecule is c1ccc(-c2nc(-c3ccc4ccccc4c3)nc(-c3ccc4c(-c5ccc6c(c5)oc5ccccc56)cccc4c3)n2)cc1.c1ccc(-c2nc(-c3ccccc3)nc(-c3ccc4c(-c5ccc6c(c5)oc5ccccc56)cccc4c3)n2)cc1.c1ccc2cc(-c3nc(-c4ccc5ccccc5c4)nc(-c4ccc5c(-c6ccc7oc8ccccc8c7c6)cccc5c4)n3)ccc2c1. The zero-order chi connectivity index (χ0) is 89.2. The van der Waals surface area contributed by atoms with Crippen LogP contribution in [-0.2, 0) is 0 Å². The van der Waals surface area contributed by atoms with Crippen LogP contribution in [0.4, 0.5) is 0 Å². The summed E-state index contributed by atoms with van der Waals surface area (Å²) in [5.41, 5.74) is 20.8. The van der Waals surface area contributed by atoms with Crippen LogP contribution in [0.1, 0.15) is 0 Å². The van der Waals surface area contributed by atoms with E-state index in [1.165, 1.54) is 21.7 Å². The van der Waals surface area contributed by atoms with Gasteiger partial charge < -0.3 is 13.3 Å². The molecule has 0 N–H and O–H groups in total. The van der Waals surface area contributed by atoms with Gasteiger partial charge >= 0.3 is 0 Å². The van der Waals surface area contributed by atoms with E-state index in [0.717, 1.165) is 192 Å². The molecule has 0 aliphatic rings. The fourth-order valence-corrected chi connectivity index (χ4v) is 18.7. The molecule has 0 aliphatic heterocycles. The van der Waals surface area contributed by atoms with Crippen LogP contribution < -0.4 is 0 Å². The van der Waals surface area contributed by atoms with Crippen LogP contribution in [0.2, 0.25) is 0 Å². The van der Waals surface area contributed by atoms with E-state index in [9.17, 15) is 0 Å². The summed E-state index contributed by atoms with van der Waals surface area (Å²) in [5, 5.41) is 20.6. The molecule has 21 aromatic carbocycles. The lowest BCUT2D eigenvalue weighted by Crippen LogP contribution is -2.00. The van der Waals surface area contributed by atoms with Crippen molar-refractivity contribution in [3.05, 3.63) is 455 Å². The standard InChI is InChI=1S/C45H27N3O.C41H25N3O.C37H23N3O/c1-3-10-30-24-34(18-16-28(30)8-1)43-46-44(35-19-17-29-9-2-4-11-31(29)25-35)48-45(47-43)36-20-22-38-32(26-36)12-7-14-37(38)33-21-23-42-40(27-33)39-13-5-6-15-41(39)49-42;1-2-10-27(11-3-1)39-42-40(31-18-17-26-9-4-5-12-28(26)23-31)44-41(43-39)32-20-21-34-29(24-32)13-8-15-33(34)30-19-22-36-35-14-6-7-16-37(35)45-38(36)25-30;1-3-10-24(11-4-1)35-38-36(25-12-5-2-6-13-25)40-37(39-35)28-19-20-30-26(22-28)14-9-16-29(30)27-18-21-32-31-15-7-8-17-33(31)41-34(32)23-27/h1-27H;1-25H;1-23H. The Morgan fingerprint density at radius 1 is 0.111 bits per heavy atom. The predicted octanol–water partition coefficient (Wildman–Crippen LogP) is 32.2. The lowest BCUT2D eigenvalue weighted by molar-refractivity contribution is 0.668. The zero-order valence-corrected chi connectivity index (χ0v) is 72.6. The second-order valence-corrected chi connectivity index (χ2v) is 33.9. The molecule has 0 saturated heterocycles. The monoisotopic (exact) mass is 1730 g/mol. The van der Waals surface area contributed by atoms with Gasteiger partial charge in [-0.3, -0.25) is 0 Å². The van der Waals surface area contributed by atoms with Gasteiger partial charge in [-0.1, -0.05) is 364 Å². The first-order valence-corrected chi connectivity index (χ1v) is 45.1. The molecule has 0 fully saturated rings. The zero-order valence-electron chi connectivity index (χ0n) is 72.6. The van der Waals surface area contributed by atoms with Crippen LogP contribution in [0, 0.1) is 0 Å². The molecule has 135 heavy (non-hydrogen) atoms. The summed E-state index contributed by atoms with van der Waals surface area (Å²) in [6, 6.07) is 157. The van der Waals surface area contributed by atoms with Crippen molar-refractivity contribution >= 4 is 130 Å². The molecule has 6 aromatic heterocycles. The molecular weight excluding hydrogens is 1650 g/mol. The summed E-state index contributed by atoms with van der Waals surface area (Å²) >= 11 is 0. The third-order valence-electron chi connectivity index (χ3n) is 25.5. The van der Waals surface area contributed by atoms with Gasteiger partial charge in [0.1, 0.15) is 33.5 Å². The van der Waals surface area contributed by atoms with Gasteiger partial charge in [0, 0.05) is 82.4 Å². The molecule has 0 saturated carbocycles. The molecule has 0 atom stereocenters. The third-order valence-corrected chi connectivity index (χ3v) is 25.5. The fraction of sp³-hybridized carbons (Fsp3) is 0. The Morgan fingerprint density at radius 2 is 0.333 bits per heavy atom. The molecule has 0 spiro atoms. The molecule has 12 heteroatoms. The van der Waals surface area contributed by atoms with Crippen molar-refractivity contribution in [1.29, 1.82) is 0 Å². The lowest BCUT2D eigenvalue weighted by atomic mass is 9.95. The Balaban J connectivity index is 0.000000108. The first kappa shape index (κ1) is 78.8. The number of furan rings is 3. The van der Waals surface area contributed by atoms with E-state index in [1.54, 1.807) is 0 Å². The van der Waals surface area contributed by atoms with Crippen molar-refractivity contribution < 1.29 is 13.3 Å². The van der Waals surface area contributed by atoms with E-state index in [4.69, 9.17) is 58.1 Å². The predicted molar refractivity (Wildman–Crippen MR) is 552 cm³/mol. The Kier molecular flexibility index (Phi) is 19.6. The lowest BCUT2D eigenvalue weighted by Gasteiger charge is -2.11. The average Bonchev–Trinajstić information content (AvgIpc) is 1.74. The number of benzene rings is 21. The van der Waals surface area contributed by atoms with Gasteiger partial charge in [-0.2, -0.15) is 0 Å². The molecule has 27 aromatic rings. The largest absolute Gasteiger partial charge is 0.456 e. The Labute approximate surface area is 774 Å². The van der Waals surface area contributed by atoms with Gasteiger partial charge in [-0.15, -0.1) is 0 Å². The fourth-order valence-electron chi connectivity index (χ4n) is 18.7. The summed E-state index contributed by atoms with van der Waals surface area (Å²) in [7, 11) is 0. The van der Waals surface area contributed by atoms with E-state index in [2.05, 4.69) is 315 Å². The number of hydrogen-bond donors (Lipinski definition) is 0. The van der Waals surface area contributed by atoms with Gasteiger partial charge in [0.25, 0.3) is 0 Å². The van der Waals surface area contributed by atoms with Gasteiger partial charge in [0.2, 0.25) is 0 Å². The van der Waals surface area contributed by atoms with Crippen LogP contribution in [0.15, 0.2) is 468 Å². The highest BCUT2D eigenvalue weighted by atomic mass is 16.3. The molecular formula is C123H75N9O3. The summed E-state index contributed by atoms with van der Waals surface area (Å²) in [6.07, 6.45) is 0. The number of fused-ring (bicyclic) bond motifs is 15. The highest BCUT2D eigenvalue weighted by molar-refractivity contribution is 6.11. The highest BCUT2D eigenvalue weighted by Crippen LogP contribution is 2.43. The topological polar surface area (TPSA) is 155 Å². The summed E-state index contributed by atoms with van der Waals surface area (Å²) < 4.78 is 18.5. The molecule has 0 unspecified atom stereocenters. The second-order valence-electron chi connectivity index (χ2n) is 33.9. The highest BCUT2D eigenvalue weighted by Gasteiger charge is 2.22. The number of rotatable bonds is 12. The van der Waals surface area contributed by atoms with E-state index in [0.29, 0.717) is 52.4 Å². The van der Waals surface area contributed by atoms with Crippen molar-refractivity contribution in [3.63, 3.8) is 0 Å². The Morgan fingerprint density at radius 3 is 0.674 bits per heavy atom. The number of aromatic nitrogens is 9. The van der Waals surface area contributed by atoms with E-state index in [1.807, 2.05) is 140 Å². The smallest absolute Gasteiger partial charge is 0.164 e. The maximum atomic E-state index is 6.20. The molecule has 6 heterocycles. The minimum atomic E-state index is 0.639. The molecule has 630 valence electrons. The molecule has 0 bridgehead atoms. The first-order chi connectivity index (χ1) is 66.8. The minimum absolute atomic E-state index is 0.639. The normalized spacial score (nSPS) is 11.6. The quantitative estimate of drug-likeness (QED) is 0.114. The minimum Gasteiger partial charge on any atom is -0.456 e. The van der Waals surface area contributed by atoms with Crippen LogP contribution >= 0.6 is 0 Å². The summed E-state index contributed by atoms with van der Waals surface area (Å²) in [4.78, 5) is 44.8. The second kappa shape index (κ2) is 33.6. The third kappa shape index (κ3) is 15.1. The Hall–Kier alpha value is -18.4. The van der Waals surface area contributed by atoms with Gasteiger partial charge in [-0.25, -0.2) is 44.9 Å². The molecule has 0 amide bonds. The summed E-state index contributed by atoms with van der Waals surface area (Å²) in [6.45, 7) is 0. The number of hydrogen-bond acceptors (Lipinski definition) is 12. The van der Waals surface area contributed by atoms with Crippen molar-refractivity contribution in [2.75, 3.05) is 0 Å². The van der Waals surface area contributed by atoms with Crippen LogP contribution in [0.5, 0.6) is 0 Å². The van der Waals surface area contributed by atoms with E-state index in [-0.39, 0.29) is 0 Å². The van der Waals surface area contributed by atoms with E-state index >= 15 is 0 Å². The van der Waals surface area contributed by atoms with Gasteiger partial charge in [0.05, 0.1) is 0 Å². The van der Waals surface area contributed by atoms with Gasteiger partial charge in [0.15, 0.2) is 52.4 Å². The maximum absolute atomic E-state index is 6.20. The summed E-state index contributed by atoms with van der Waals surface area (Å²) in [5.74, 6) is 5.83. The van der Waals surface area contributed by atoms with Crippen LogP contribution in [0.3, 0.4) is 0 Å². The van der Waals surface area contributed by atoms with Crippen LogP contribution in [-0.4, -0.2) is 44.9 Å². The van der Waals surface area contributed by atoms with Gasteiger partial charge in [-0.05, 0) is 189 Å². The first-order valence-electron chi connectivity index (χ1n) is 45.1. The average molecular weight is 1730 g/mol. The van der Waals surface area contributed by atoms with Crippen LogP contribution in [0.25, 0.3) is 266 Å². The number of para-hydroxylation sites is 3. The molecule has 0 aliphatic carbocycles. The molecule has 27 rings (SSSR count). The number of nitrogens with zero attached hydrogens (tertiary/aromatic N) is 9. The Bertz CT molecular complexity index is 9200. The molecule has 12 nitrogen and oxygen atoms in total. The van der Waals surface area contributed by atoms with Crippen molar-refractivity contribution in [2.45, 2.75) is 0 Å². The maximum Gasteiger partial charge on any atom is 0.164 e. The van der Waals surface area contributed by atoms with Crippen molar-refractivity contribution in [3.8, 4) is 136 Å².